The number of halogens is 2. The van der Waals surface area contributed by atoms with E-state index in [0.717, 1.165) is 18.2 Å². The molecular weight excluding hydrogens is 509 g/mol. The zero-order chi connectivity index (χ0) is 26.2. The molecule has 0 aliphatic rings. The van der Waals surface area contributed by atoms with E-state index in [-0.39, 0.29) is 43.8 Å². The first-order valence-electron chi connectivity index (χ1n) is 11.5. The van der Waals surface area contributed by atoms with Crippen molar-refractivity contribution in [1.82, 2.24) is 10.2 Å². The molecule has 0 heterocycles. The lowest BCUT2D eigenvalue weighted by molar-refractivity contribution is -0.140. The van der Waals surface area contributed by atoms with Gasteiger partial charge in [0.25, 0.3) is 0 Å². The Morgan fingerprint density at radius 1 is 1.03 bits per heavy atom. The zero-order valence-electron chi connectivity index (χ0n) is 20.5. The summed E-state index contributed by atoms with van der Waals surface area (Å²) < 4.78 is 26.0. The maximum absolute atomic E-state index is 13.3. The third-order valence-corrected chi connectivity index (χ3v) is 7.36. The molecule has 0 saturated heterocycles. The van der Waals surface area contributed by atoms with Gasteiger partial charge in [-0.3, -0.25) is 13.9 Å². The topological polar surface area (TPSA) is 86.8 Å². The maximum atomic E-state index is 13.3. The molecule has 2 amide bonds. The first-order valence-corrected chi connectivity index (χ1v) is 14.1. The Labute approximate surface area is 218 Å². The molecule has 0 bridgehead atoms. The van der Waals surface area contributed by atoms with Gasteiger partial charge in [0.15, 0.2) is 0 Å². The molecule has 192 valence electrons. The van der Waals surface area contributed by atoms with Crippen molar-refractivity contribution in [2.45, 2.75) is 58.7 Å². The fraction of sp³-hybridized carbons (Fsp3) is 0.440. The summed E-state index contributed by atoms with van der Waals surface area (Å²) in [6, 6.07) is 12.9. The van der Waals surface area contributed by atoms with Gasteiger partial charge in [-0.1, -0.05) is 42.3 Å². The number of benzene rings is 2. The highest BCUT2D eigenvalue weighted by atomic mass is 35.5. The highest BCUT2D eigenvalue weighted by Crippen LogP contribution is 2.22. The van der Waals surface area contributed by atoms with Gasteiger partial charge in [0.1, 0.15) is 6.04 Å². The highest BCUT2D eigenvalue weighted by molar-refractivity contribution is 7.92. The monoisotopic (exact) mass is 541 g/mol. The second-order valence-corrected chi connectivity index (χ2v) is 11.3. The molecule has 0 saturated carbocycles. The minimum Gasteiger partial charge on any atom is -0.352 e. The number of rotatable bonds is 12. The number of anilines is 1. The standard InChI is InChI=1S/C25H33Cl2N3O4S/c1-5-18(2)28-25(32)19(3)29(17-20-8-6-9-22(27)16-20)24(31)10-7-15-30(35(4,33)34)23-13-11-21(26)12-14-23/h6,8-9,11-14,16,18-19H,5,7,10,15,17H2,1-4H3,(H,28,32). The molecule has 0 aliphatic carbocycles. The highest BCUT2D eigenvalue weighted by Gasteiger charge is 2.27. The third kappa shape index (κ3) is 9.02. The lowest BCUT2D eigenvalue weighted by Crippen LogP contribution is -2.49. The van der Waals surface area contributed by atoms with Gasteiger partial charge in [-0.2, -0.15) is 0 Å². The molecule has 0 spiro atoms. The van der Waals surface area contributed by atoms with Crippen molar-refractivity contribution in [2.24, 2.45) is 0 Å². The van der Waals surface area contributed by atoms with Gasteiger partial charge < -0.3 is 10.2 Å². The van der Waals surface area contributed by atoms with Crippen LogP contribution in [-0.2, 0) is 26.2 Å². The average molecular weight is 543 g/mol. The fourth-order valence-corrected chi connectivity index (χ4v) is 4.80. The van der Waals surface area contributed by atoms with E-state index in [1.54, 1.807) is 49.4 Å². The lowest BCUT2D eigenvalue weighted by Gasteiger charge is -2.30. The van der Waals surface area contributed by atoms with Crippen molar-refractivity contribution in [3.8, 4) is 0 Å². The van der Waals surface area contributed by atoms with E-state index in [4.69, 9.17) is 23.2 Å². The number of carbonyl (C=O) groups is 2. The normalized spacial score (nSPS) is 13.1. The van der Waals surface area contributed by atoms with Gasteiger partial charge in [-0.05, 0) is 68.7 Å². The Morgan fingerprint density at radius 3 is 2.26 bits per heavy atom. The SMILES string of the molecule is CCC(C)NC(=O)C(C)N(Cc1cccc(Cl)c1)C(=O)CCCN(c1ccc(Cl)cc1)S(C)(=O)=O. The molecule has 10 heteroatoms. The predicted octanol–water partition coefficient (Wildman–Crippen LogP) is 4.87. The first kappa shape index (κ1) is 28.9. The molecule has 35 heavy (non-hydrogen) atoms. The number of hydrogen-bond acceptors (Lipinski definition) is 4. The van der Waals surface area contributed by atoms with Gasteiger partial charge in [0, 0.05) is 35.6 Å². The smallest absolute Gasteiger partial charge is 0.242 e. The van der Waals surface area contributed by atoms with Crippen LogP contribution in [0.25, 0.3) is 0 Å². The summed E-state index contributed by atoms with van der Waals surface area (Å²) in [7, 11) is -3.56. The molecule has 0 radical (unpaired) electrons. The van der Waals surface area contributed by atoms with Gasteiger partial charge in [-0.25, -0.2) is 8.42 Å². The molecule has 2 aromatic rings. The summed E-state index contributed by atoms with van der Waals surface area (Å²) >= 11 is 12.0. The van der Waals surface area contributed by atoms with Crippen molar-refractivity contribution < 1.29 is 18.0 Å². The number of sulfonamides is 1. The van der Waals surface area contributed by atoms with Gasteiger partial charge in [0.05, 0.1) is 11.9 Å². The van der Waals surface area contributed by atoms with Crippen molar-refractivity contribution in [3.05, 3.63) is 64.1 Å². The van der Waals surface area contributed by atoms with Crippen molar-refractivity contribution in [2.75, 3.05) is 17.1 Å². The van der Waals surface area contributed by atoms with Gasteiger partial charge >= 0.3 is 0 Å². The Kier molecular flexibility index (Phi) is 10.9. The van der Waals surface area contributed by atoms with Crippen LogP contribution in [0.5, 0.6) is 0 Å². The van der Waals surface area contributed by atoms with E-state index in [1.165, 1.54) is 9.21 Å². The Hall–Kier alpha value is -2.29. The molecule has 7 nitrogen and oxygen atoms in total. The average Bonchev–Trinajstić information content (AvgIpc) is 2.79. The van der Waals surface area contributed by atoms with Crippen LogP contribution >= 0.6 is 23.2 Å². The Bertz CT molecular complexity index is 1110. The Balaban J connectivity index is 2.16. The van der Waals surface area contributed by atoms with Crippen LogP contribution in [0.3, 0.4) is 0 Å². The van der Waals surface area contributed by atoms with E-state index in [1.807, 2.05) is 19.9 Å². The summed E-state index contributed by atoms with van der Waals surface area (Å²) in [5.74, 6) is -0.491. The zero-order valence-corrected chi connectivity index (χ0v) is 22.8. The van der Waals surface area contributed by atoms with E-state index in [0.29, 0.717) is 15.7 Å². The summed E-state index contributed by atoms with van der Waals surface area (Å²) in [6.45, 7) is 5.89. The molecule has 0 aromatic heterocycles. The van der Waals surface area contributed by atoms with Crippen LogP contribution in [0.15, 0.2) is 48.5 Å². The second-order valence-electron chi connectivity index (χ2n) is 8.56. The maximum Gasteiger partial charge on any atom is 0.242 e. The van der Waals surface area contributed by atoms with E-state index in [2.05, 4.69) is 5.32 Å². The minimum absolute atomic E-state index is 0.0178. The number of nitrogens with zero attached hydrogens (tertiary/aromatic N) is 2. The lowest BCUT2D eigenvalue weighted by atomic mass is 10.1. The van der Waals surface area contributed by atoms with Crippen molar-refractivity contribution >= 4 is 50.7 Å². The van der Waals surface area contributed by atoms with E-state index in [9.17, 15) is 18.0 Å². The van der Waals surface area contributed by atoms with E-state index < -0.39 is 16.1 Å². The van der Waals surface area contributed by atoms with E-state index >= 15 is 0 Å². The van der Waals surface area contributed by atoms with Crippen LogP contribution in [-0.4, -0.2) is 50.0 Å². The molecule has 1 N–H and O–H groups in total. The number of amides is 2. The first-order chi connectivity index (χ1) is 16.4. The minimum atomic E-state index is -3.56. The van der Waals surface area contributed by atoms with Crippen molar-refractivity contribution in [3.63, 3.8) is 0 Å². The fourth-order valence-electron chi connectivity index (χ4n) is 3.49. The van der Waals surface area contributed by atoms with Crippen LogP contribution in [0, 0.1) is 0 Å². The van der Waals surface area contributed by atoms with Crippen LogP contribution in [0.4, 0.5) is 5.69 Å². The number of hydrogen-bond donors (Lipinski definition) is 1. The summed E-state index contributed by atoms with van der Waals surface area (Å²) in [6.07, 6.45) is 2.24. The summed E-state index contributed by atoms with van der Waals surface area (Å²) in [4.78, 5) is 27.6. The summed E-state index contributed by atoms with van der Waals surface area (Å²) in [5.41, 5.74) is 1.27. The van der Waals surface area contributed by atoms with Crippen LogP contribution < -0.4 is 9.62 Å². The largest absolute Gasteiger partial charge is 0.352 e. The van der Waals surface area contributed by atoms with Gasteiger partial charge in [0.2, 0.25) is 21.8 Å². The quantitative estimate of drug-likeness (QED) is 0.415. The van der Waals surface area contributed by atoms with Crippen LogP contribution in [0.1, 0.15) is 45.6 Å². The molecule has 2 unspecified atom stereocenters. The Morgan fingerprint density at radius 2 is 1.69 bits per heavy atom. The van der Waals surface area contributed by atoms with Crippen molar-refractivity contribution in [1.29, 1.82) is 0 Å². The van der Waals surface area contributed by atoms with Gasteiger partial charge in [-0.15, -0.1) is 0 Å². The number of carbonyl (C=O) groups excluding carboxylic acids is 2. The predicted molar refractivity (Wildman–Crippen MR) is 142 cm³/mol. The second kappa shape index (κ2) is 13.1. The third-order valence-electron chi connectivity index (χ3n) is 5.68. The molecular formula is C25H33Cl2N3O4S. The van der Waals surface area contributed by atoms with Crippen LogP contribution in [0.2, 0.25) is 10.0 Å². The molecule has 0 fully saturated rings. The molecule has 2 aromatic carbocycles. The molecule has 2 atom stereocenters. The summed E-state index contributed by atoms with van der Waals surface area (Å²) in [5, 5.41) is 3.96. The molecule has 0 aliphatic heterocycles. The molecule has 2 rings (SSSR count). The number of nitrogens with one attached hydrogen (secondary N) is 1.